The summed E-state index contributed by atoms with van der Waals surface area (Å²) in [6.45, 7) is 2.59. The van der Waals surface area contributed by atoms with Gasteiger partial charge in [-0.2, -0.15) is 4.31 Å². The highest BCUT2D eigenvalue weighted by Gasteiger charge is 2.34. The number of carbonyl (C=O) groups is 1. The van der Waals surface area contributed by atoms with Crippen molar-refractivity contribution in [2.24, 2.45) is 11.7 Å². The number of piperazine rings is 1. The number of nitrogens with two attached hydrogens (primary N) is 1. The quantitative estimate of drug-likeness (QED) is 0.235. The molecular weight excluding hydrogens is 634 g/mol. The van der Waals surface area contributed by atoms with Gasteiger partial charge in [-0.05, 0) is 86.4 Å². The number of hydrogen-bond acceptors (Lipinski definition) is 6. The van der Waals surface area contributed by atoms with E-state index >= 15 is 4.39 Å². The molecule has 8 nitrogen and oxygen atoms in total. The number of rotatable bonds is 12. The van der Waals surface area contributed by atoms with Crippen LogP contribution in [0.2, 0.25) is 5.02 Å². The normalized spacial score (nSPS) is 19.4. The van der Waals surface area contributed by atoms with Crippen LogP contribution in [0.5, 0.6) is 0 Å². The van der Waals surface area contributed by atoms with Gasteiger partial charge in [-0.3, -0.25) is 4.79 Å². The molecule has 5 rings (SSSR count). The van der Waals surface area contributed by atoms with Crippen molar-refractivity contribution in [3.05, 3.63) is 94.5 Å². The highest BCUT2D eigenvalue weighted by Crippen LogP contribution is 2.32. The lowest BCUT2D eigenvalue weighted by molar-refractivity contribution is -0.118. The minimum atomic E-state index is -3.75. The van der Waals surface area contributed by atoms with Gasteiger partial charge in [0.25, 0.3) is 0 Å². The first kappa shape index (κ1) is 34.4. The maximum absolute atomic E-state index is 15.3. The lowest BCUT2D eigenvalue weighted by Gasteiger charge is -2.35. The zero-order valence-corrected chi connectivity index (χ0v) is 27.2. The maximum Gasteiger partial charge on any atom is 0.243 e. The van der Waals surface area contributed by atoms with Gasteiger partial charge >= 0.3 is 0 Å². The van der Waals surface area contributed by atoms with Crippen molar-refractivity contribution >= 4 is 33.2 Å². The van der Waals surface area contributed by atoms with Gasteiger partial charge in [-0.1, -0.05) is 41.9 Å². The molecule has 46 heavy (non-hydrogen) atoms. The Morgan fingerprint density at radius 1 is 1.04 bits per heavy atom. The Morgan fingerprint density at radius 2 is 1.80 bits per heavy atom. The van der Waals surface area contributed by atoms with Crippen molar-refractivity contribution in [3.8, 4) is 0 Å². The predicted molar refractivity (Wildman–Crippen MR) is 175 cm³/mol. The van der Waals surface area contributed by atoms with Gasteiger partial charge < -0.3 is 21.1 Å². The third kappa shape index (κ3) is 8.31. The van der Waals surface area contributed by atoms with Crippen molar-refractivity contribution in [1.29, 1.82) is 0 Å². The molecule has 0 unspecified atom stereocenters. The fraction of sp³-hybridized carbons (Fsp3) is 0.441. The van der Waals surface area contributed by atoms with Crippen LogP contribution < -0.4 is 16.4 Å². The Morgan fingerprint density at radius 3 is 2.54 bits per heavy atom. The lowest BCUT2D eigenvalue weighted by Crippen LogP contribution is -2.53. The van der Waals surface area contributed by atoms with Gasteiger partial charge in [0.15, 0.2) is 0 Å². The van der Waals surface area contributed by atoms with Crippen molar-refractivity contribution in [3.63, 3.8) is 0 Å². The topological polar surface area (TPSA) is 114 Å². The average Bonchev–Trinajstić information content (AvgIpc) is 3.07. The summed E-state index contributed by atoms with van der Waals surface area (Å²) in [4.78, 5) is 13.9. The van der Waals surface area contributed by atoms with E-state index in [-0.39, 0.29) is 34.1 Å². The molecule has 3 aromatic rings. The van der Waals surface area contributed by atoms with Crippen LogP contribution in [0.4, 0.5) is 14.5 Å². The number of ether oxygens (including phenoxy) is 1. The van der Waals surface area contributed by atoms with Crippen LogP contribution in [0.25, 0.3) is 0 Å². The molecule has 1 amide bonds. The summed E-state index contributed by atoms with van der Waals surface area (Å²) in [6, 6.07) is 15.7. The first-order valence-corrected chi connectivity index (χ1v) is 17.6. The molecule has 2 aliphatic heterocycles. The molecule has 3 atom stereocenters. The predicted octanol–water partition coefficient (Wildman–Crippen LogP) is 5.47. The highest BCUT2D eigenvalue weighted by atomic mass is 35.5. The number of sulfonamides is 1. The second-order valence-electron chi connectivity index (χ2n) is 12.0. The summed E-state index contributed by atoms with van der Waals surface area (Å²) < 4.78 is 63.6. The second-order valence-corrected chi connectivity index (χ2v) is 14.3. The fourth-order valence-electron chi connectivity index (χ4n) is 6.42. The Bertz CT molecular complexity index is 1590. The number of nitrogens with zero attached hydrogens (tertiary/aromatic N) is 1. The van der Waals surface area contributed by atoms with Crippen molar-refractivity contribution in [2.75, 3.05) is 38.2 Å². The first-order chi connectivity index (χ1) is 22.1. The van der Waals surface area contributed by atoms with Crippen molar-refractivity contribution < 1.29 is 26.7 Å². The van der Waals surface area contributed by atoms with Gasteiger partial charge in [-0.25, -0.2) is 17.2 Å². The fourth-order valence-corrected chi connectivity index (χ4v) is 8.21. The summed E-state index contributed by atoms with van der Waals surface area (Å²) >= 11 is 5.94. The van der Waals surface area contributed by atoms with Gasteiger partial charge in [0.2, 0.25) is 15.9 Å². The van der Waals surface area contributed by atoms with Gasteiger partial charge in [-0.15, -0.1) is 0 Å². The van der Waals surface area contributed by atoms with E-state index in [1.165, 1.54) is 28.6 Å². The van der Waals surface area contributed by atoms with Crippen LogP contribution in [0.3, 0.4) is 0 Å². The monoisotopic (exact) mass is 674 g/mol. The summed E-state index contributed by atoms with van der Waals surface area (Å²) in [5, 5.41) is 6.06. The molecule has 2 aliphatic rings. The number of halogens is 3. The van der Waals surface area contributed by atoms with E-state index in [0.717, 1.165) is 19.3 Å². The van der Waals surface area contributed by atoms with Crippen LogP contribution in [-0.4, -0.2) is 63.6 Å². The number of carbonyl (C=O) groups excluding carboxylic acids is 1. The van der Waals surface area contributed by atoms with Crippen LogP contribution in [-0.2, 0) is 26.0 Å². The average molecular weight is 675 g/mol. The highest BCUT2D eigenvalue weighted by molar-refractivity contribution is 7.89. The molecule has 2 fully saturated rings. The molecule has 0 aliphatic carbocycles. The molecule has 3 aromatic carbocycles. The molecule has 2 heterocycles. The Kier molecular flexibility index (Phi) is 11.8. The van der Waals surface area contributed by atoms with E-state index in [1.54, 1.807) is 42.5 Å². The van der Waals surface area contributed by atoms with Gasteiger partial charge in [0, 0.05) is 56.1 Å². The van der Waals surface area contributed by atoms with Crippen LogP contribution in [0.15, 0.2) is 71.6 Å². The Labute approximate surface area is 274 Å². The van der Waals surface area contributed by atoms with E-state index < -0.39 is 45.6 Å². The van der Waals surface area contributed by atoms with Crippen molar-refractivity contribution in [1.82, 2.24) is 9.62 Å². The Balaban J connectivity index is 1.32. The number of amides is 1. The molecule has 0 saturated carbocycles. The third-order valence-electron chi connectivity index (χ3n) is 9.09. The summed E-state index contributed by atoms with van der Waals surface area (Å²) in [5.74, 6) is -1.71. The SMILES string of the molecule is N[C@H](C(=O)Nc1cccc(F)c1CC[C@H]1CNCCN1S(=O)(=O)c1ccccc1)[C@H](CCC1CCOCC1)c1ccc(Cl)c(F)c1. The molecule has 0 bridgehead atoms. The van der Waals surface area contributed by atoms with Crippen LogP contribution in [0, 0.1) is 17.6 Å². The van der Waals surface area contributed by atoms with E-state index in [1.807, 2.05) is 0 Å². The first-order valence-electron chi connectivity index (χ1n) is 15.8. The molecule has 0 aromatic heterocycles. The molecular formula is C34H41ClF2N4O4S. The van der Waals surface area contributed by atoms with E-state index in [4.69, 9.17) is 22.1 Å². The molecule has 0 spiro atoms. The standard InChI is InChI=1S/C34H41ClF2N4O4S/c35-29-14-10-24(21-31(29)37)27(12-9-23-15-19-45-20-16-23)33(38)34(42)40-32-8-4-7-30(36)28(32)13-11-25-22-39-17-18-41(25)46(43,44)26-5-2-1-3-6-26/h1-8,10,14,21,23,25,27,33,39H,9,11-13,15-20,22,38H2,(H,40,42)/t25-,27+,33-/m0/s1. The molecule has 248 valence electrons. The third-order valence-corrected chi connectivity index (χ3v) is 11.4. The number of anilines is 1. The van der Waals surface area contributed by atoms with Crippen LogP contribution in [0.1, 0.15) is 49.1 Å². The van der Waals surface area contributed by atoms with E-state index in [2.05, 4.69) is 10.6 Å². The molecule has 0 radical (unpaired) electrons. The lowest BCUT2D eigenvalue weighted by atomic mass is 9.83. The maximum atomic E-state index is 15.3. The zero-order valence-electron chi connectivity index (χ0n) is 25.6. The van der Waals surface area contributed by atoms with E-state index in [9.17, 15) is 17.6 Å². The van der Waals surface area contributed by atoms with Crippen LogP contribution >= 0.6 is 11.6 Å². The number of benzene rings is 3. The van der Waals surface area contributed by atoms with Gasteiger partial charge in [0.1, 0.15) is 11.6 Å². The number of nitrogens with one attached hydrogen (secondary N) is 2. The molecule has 12 heteroatoms. The zero-order chi connectivity index (χ0) is 32.7. The smallest absolute Gasteiger partial charge is 0.243 e. The number of hydrogen-bond donors (Lipinski definition) is 3. The minimum Gasteiger partial charge on any atom is -0.381 e. The summed E-state index contributed by atoms with van der Waals surface area (Å²) in [6.07, 6.45) is 3.68. The van der Waals surface area contributed by atoms with Crippen molar-refractivity contribution in [2.45, 2.75) is 61.4 Å². The largest absolute Gasteiger partial charge is 0.381 e. The molecule has 4 N–H and O–H groups in total. The Hall–Kier alpha value is -2.93. The molecule has 2 saturated heterocycles. The minimum absolute atomic E-state index is 0.0161. The summed E-state index contributed by atoms with van der Waals surface area (Å²) in [5.41, 5.74) is 7.68. The summed E-state index contributed by atoms with van der Waals surface area (Å²) in [7, 11) is -3.75. The second kappa shape index (κ2) is 15.8. The van der Waals surface area contributed by atoms with E-state index in [0.29, 0.717) is 50.6 Å². The van der Waals surface area contributed by atoms with Gasteiger partial charge in [0.05, 0.1) is 16.0 Å².